The Morgan fingerprint density at radius 2 is 1.82 bits per heavy atom. The average molecular weight is 595 g/mol. The maximum atomic E-state index is 14.1. The van der Waals surface area contributed by atoms with Gasteiger partial charge in [-0.3, -0.25) is 9.69 Å². The summed E-state index contributed by atoms with van der Waals surface area (Å²) >= 11 is 4.86. The molecule has 2 saturated heterocycles. The molecule has 0 atom stereocenters. The average Bonchev–Trinajstić information content (AvgIpc) is 3.23. The molecule has 2 aliphatic heterocycles. The van der Waals surface area contributed by atoms with Gasteiger partial charge in [0.15, 0.2) is 5.17 Å². The van der Waals surface area contributed by atoms with Gasteiger partial charge in [-0.15, -0.1) is 0 Å². The van der Waals surface area contributed by atoms with Gasteiger partial charge >= 0.3 is 0 Å². The van der Waals surface area contributed by atoms with Crippen LogP contribution in [0.4, 0.5) is 15.8 Å². The van der Waals surface area contributed by atoms with Gasteiger partial charge in [0.2, 0.25) is 0 Å². The van der Waals surface area contributed by atoms with Crippen molar-refractivity contribution in [2.24, 2.45) is 4.99 Å². The first-order valence-corrected chi connectivity index (χ1v) is 14.4. The number of ether oxygens (including phenoxy) is 1. The van der Waals surface area contributed by atoms with Crippen LogP contribution in [0.15, 0.2) is 81.1 Å². The zero-order valence-electron chi connectivity index (χ0n) is 21.2. The Labute approximate surface area is 235 Å². The van der Waals surface area contributed by atoms with Crippen LogP contribution in [-0.2, 0) is 11.4 Å². The monoisotopic (exact) mass is 593 g/mol. The molecule has 8 heteroatoms. The van der Waals surface area contributed by atoms with Crippen molar-refractivity contribution in [3.05, 3.63) is 93.1 Å². The molecule has 5 nitrogen and oxygen atoms in total. The fourth-order valence-corrected chi connectivity index (χ4v) is 5.98. The Morgan fingerprint density at radius 1 is 1.05 bits per heavy atom. The zero-order valence-corrected chi connectivity index (χ0v) is 23.6. The minimum atomic E-state index is -0.311. The molecule has 0 radical (unpaired) electrons. The van der Waals surface area contributed by atoms with E-state index in [0.717, 1.165) is 28.8 Å². The molecule has 2 heterocycles. The van der Waals surface area contributed by atoms with Crippen LogP contribution in [0.5, 0.6) is 5.75 Å². The molecule has 0 spiro atoms. The van der Waals surface area contributed by atoms with E-state index < -0.39 is 0 Å². The van der Waals surface area contributed by atoms with Crippen molar-refractivity contribution in [3.63, 3.8) is 0 Å². The lowest BCUT2D eigenvalue weighted by molar-refractivity contribution is -0.122. The number of anilines is 1. The summed E-state index contributed by atoms with van der Waals surface area (Å²) in [5.41, 5.74) is 3.24. The molecule has 196 valence electrons. The molecule has 0 aliphatic carbocycles. The fourth-order valence-electron chi connectivity index (χ4n) is 4.55. The molecular weight excluding hydrogens is 565 g/mol. The second-order valence-electron chi connectivity index (χ2n) is 9.18. The van der Waals surface area contributed by atoms with Gasteiger partial charge in [-0.25, -0.2) is 9.38 Å². The van der Waals surface area contributed by atoms with Gasteiger partial charge in [0.25, 0.3) is 5.91 Å². The van der Waals surface area contributed by atoms with Gasteiger partial charge < -0.3 is 9.64 Å². The molecule has 5 rings (SSSR count). The number of thioether (sulfide) groups is 1. The fraction of sp³-hybridized carbons (Fsp3) is 0.267. The first-order chi connectivity index (χ1) is 18.5. The summed E-state index contributed by atoms with van der Waals surface area (Å²) in [6, 6.07) is 20.4. The molecule has 1 amide bonds. The SMILES string of the molecule is CCN1C(=O)/C(=C/c2cc(Br)ccc2OCc2ccccc2F)SC1=Nc1ccc(N2CCCCC2)cc1. The van der Waals surface area contributed by atoms with Gasteiger partial charge in [-0.05, 0) is 92.6 Å². The summed E-state index contributed by atoms with van der Waals surface area (Å²) in [6.07, 6.45) is 5.59. The number of benzene rings is 3. The van der Waals surface area contributed by atoms with E-state index in [0.29, 0.717) is 27.9 Å². The highest BCUT2D eigenvalue weighted by Gasteiger charge is 2.32. The number of amidine groups is 1. The molecule has 0 unspecified atom stereocenters. The van der Waals surface area contributed by atoms with Crippen LogP contribution in [0.1, 0.15) is 37.3 Å². The predicted molar refractivity (Wildman–Crippen MR) is 157 cm³/mol. The van der Waals surface area contributed by atoms with Crippen molar-refractivity contribution < 1.29 is 13.9 Å². The van der Waals surface area contributed by atoms with Crippen molar-refractivity contribution in [2.75, 3.05) is 24.5 Å². The highest BCUT2D eigenvalue weighted by Crippen LogP contribution is 2.36. The van der Waals surface area contributed by atoms with E-state index in [9.17, 15) is 9.18 Å². The standard InChI is InChI=1S/C30H29BrFN3O2S/c1-2-35-29(36)28(38-30(35)33-24-11-13-25(14-12-24)34-16-6-3-7-17-34)19-22-18-23(31)10-15-27(22)37-20-21-8-4-5-9-26(21)32/h4-5,8-15,18-19H,2-3,6-7,16-17,20H2,1H3/b28-19-,33-30?. The Balaban J connectivity index is 1.37. The number of hydrogen-bond donors (Lipinski definition) is 0. The molecule has 2 aliphatic rings. The quantitative estimate of drug-likeness (QED) is 0.262. The highest BCUT2D eigenvalue weighted by atomic mass is 79.9. The molecule has 0 aromatic heterocycles. The van der Waals surface area contributed by atoms with Gasteiger partial charge in [-0.2, -0.15) is 0 Å². The third kappa shape index (κ3) is 6.13. The number of likely N-dealkylation sites (N-methyl/N-ethyl adjacent to an activating group) is 1. The Bertz CT molecular complexity index is 1370. The van der Waals surface area contributed by atoms with E-state index in [4.69, 9.17) is 9.73 Å². The summed E-state index contributed by atoms with van der Waals surface area (Å²) in [5.74, 6) is 0.162. The van der Waals surface area contributed by atoms with Gasteiger partial charge in [-0.1, -0.05) is 34.1 Å². The number of halogens is 2. The second-order valence-corrected chi connectivity index (χ2v) is 11.1. The number of hydrogen-bond acceptors (Lipinski definition) is 5. The Morgan fingerprint density at radius 3 is 2.55 bits per heavy atom. The molecule has 3 aromatic carbocycles. The van der Waals surface area contributed by atoms with Crippen molar-refractivity contribution in [1.29, 1.82) is 0 Å². The second kappa shape index (κ2) is 12.2. The molecule has 0 N–H and O–H groups in total. The van der Waals surface area contributed by atoms with Crippen LogP contribution < -0.4 is 9.64 Å². The third-order valence-corrected chi connectivity index (χ3v) is 8.10. The lowest BCUT2D eigenvalue weighted by Gasteiger charge is -2.28. The first-order valence-electron chi connectivity index (χ1n) is 12.8. The maximum absolute atomic E-state index is 14.1. The van der Waals surface area contributed by atoms with Gasteiger partial charge in [0.1, 0.15) is 18.2 Å². The summed E-state index contributed by atoms with van der Waals surface area (Å²) in [6.45, 7) is 4.74. The number of carbonyl (C=O) groups excluding carboxylic acids is 1. The van der Waals surface area contributed by atoms with E-state index in [1.54, 1.807) is 23.1 Å². The van der Waals surface area contributed by atoms with Crippen molar-refractivity contribution in [1.82, 2.24) is 4.90 Å². The minimum absolute atomic E-state index is 0.0901. The van der Waals surface area contributed by atoms with Crippen molar-refractivity contribution >= 4 is 56.2 Å². The molecule has 0 saturated carbocycles. The van der Waals surface area contributed by atoms with E-state index in [1.165, 1.54) is 42.8 Å². The number of rotatable bonds is 7. The zero-order chi connectivity index (χ0) is 26.5. The number of aliphatic imine (C=N–C) groups is 1. The molecule has 0 bridgehead atoms. The van der Waals surface area contributed by atoms with Crippen molar-refractivity contribution in [2.45, 2.75) is 32.8 Å². The summed E-state index contributed by atoms with van der Waals surface area (Å²) in [7, 11) is 0. The maximum Gasteiger partial charge on any atom is 0.266 e. The van der Waals surface area contributed by atoms with Crippen LogP contribution in [-0.4, -0.2) is 35.6 Å². The summed E-state index contributed by atoms with van der Waals surface area (Å²) in [5, 5.41) is 0.651. The van der Waals surface area contributed by atoms with Crippen LogP contribution in [0, 0.1) is 5.82 Å². The van der Waals surface area contributed by atoms with E-state index >= 15 is 0 Å². The van der Waals surface area contributed by atoms with E-state index in [2.05, 4.69) is 33.0 Å². The van der Waals surface area contributed by atoms with E-state index in [1.807, 2.05) is 43.3 Å². The van der Waals surface area contributed by atoms with Crippen LogP contribution in [0.2, 0.25) is 0 Å². The lowest BCUT2D eigenvalue weighted by atomic mass is 10.1. The summed E-state index contributed by atoms with van der Waals surface area (Å²) in [4.78, 5) is 22.7. The minimum Gasteiger partial charge on any atom is -0.488 e. The van der Waals surface area contributed by atoms with Gasteiger partial charge in [0, 0.05) is 40.9 Å². The predicted octanol–water partition coefficient (Wildman–Crippen LogP) is 7.78. The molecule has 38 heavy (non-hydrogen) atoms. The number of piperidine rings is 1. The Kier molecular flexibility index (Phi) is 8.49. The van der Waals surface area contributed by atoms with E-state index in [-0.39, 0.29) is 18.3 Å². The smallest absolute Gasteiger partial charge is 0.266 e. The number of carbonyl (C=O) groups is 1. The van der Waals surface area contributed by atoms with Crippen LogP contribution in [0.25, 0.3) is 6.08 Å². The van der Waals surface area contributed by atoms with Crippen LogP contribution >= 0.6 is 27.7 Å². The largest absolute Gasteiger partial charge is 0.488 e. The number of amides is 1. The highest BCUT2D eigenvalue weighted by molar-refractivity contribution is 9.10. The lowest BCUT2D eigenvalue weighted by Crippen LogP contribution is -2.29. The first kappa shape index (κ1) is 26.5. The summed E-state index contributed by atoms with van der Waals surface area (Å²) < 4.78 is 20.9. The molecular formula is C30H29BrFN3O2S. The van der Waals surface area contributed by atoms with Crippen LogP contribution in [0.3, 0.4) is 0 Å². The van der Waals surface area contributed by atoms with Crippen molar-refractivity contribution in [3.8, 4) is 5.75 Å². The topological polar surface area (TPSA) is 45.1 Å². The number of nitrogens with zero attached hydrogens (tertiary/aromatic N) is 3. The molecule has 2 fully saturated rings. The van der Waals surface area contributed by atoms with Gasteiger partial charge in [0.05, 0.1) is 10.6 Å². The molecule has 3 aromatic rings. The Hall–Kier alpha value is -3.10. The normalized spacial score (nSPS) is 18.0. The third-order valence-electron chi connectivity index (χ3n) is 6.60.